The van der Waals surface area contributed by atoms with Crippen molar-refractivity contribution in [2.45, 2.75) is 13.1 Å². The van der Waals surface area contributed by atoms with Crippen LogP contribution < -0.4 is 11.0 Å². The van der Waals surface area contributed by atoms with E-state index in [0.29, 0.717) is 30.2 Å². The van der Waals surface area contributed by atoms with Crippen LogP contribution in [0.15, 0.2) is 47.4 Å². The molecule has 1 aliphatic rings. The zero-order chi connectivity index (χ0) is 19.8. The molecule has 0 unspecified atom stereocenters. The van der Waals surface area contributed by atoms with E-state index in [4.69, 9.17) is 11.6 Å². The number of hydrogen-bond donors (Lipinski definition) is 2. The summed E-state index contributed by atoms with van der Waals surface area (Å²) in [6.45, 7) is 1.70. The molecule has 0 fully saturated rings. The molecule has 1 aliphatic heterocycles. The number of pyridine rings is 1. The number of rotatable bonds is 3. The van der Waals surface area contributed by atoms with Gasteiger partial charge >= 0.3 is 5.69 Å². The van der Waals surface area contributed by atoms with Crippen LogP contribution in [-0.4, -0.2) is 43.6 Å². The van der Waals surface area contributed by atoms with Crippen molar-refractivity contribution < 1.29 is 9.90 Å². The Morgan fingerprint density at radius 2 is 2.07 bits per heavy atom. The van der Waals surface area contributed by atoms with Crippen LogP contribution >= 0.6 is 11.6 Å². The second-order valence-electron chi connectivity index (χ2n) is 6.61. The van der Waals surface area contributed by atoms with E-state index in [2.05, 4.69) is 10.3 Å². The molecule has 144 valence electrons. The van der Waals surface area contributed by atoms with Crippen LogP contribution in [-0.2, 0) is 13.1 Å². The van der Waals surface area contributed by atoms with Gasteiger partial charge in [-0.05, 0) is 37.4 Å². The Hall–Kier alpha value is -3.10. The number of amides is 1. The van der Waals surface area contributed by atoms with Crippen LogP contribution in [0.5, 0.6) is 5.88 Å². The molecular weight excluding hydrogens is 382 g/mol. The fourth-order valence-electron chi connectivity index (χ4n) is 3.24. The molecule has 28 heavy (non-hydrogen) atoms. The minimum absolute atomic E-state index is 0.122. The lowest BCUT2D eigenvalue weighted by Gasteiger charge is -2.22. The highest BCUT2D eigenvalue weighted by Crippen LogP contribution is 2.29. The molecular formula is C19H18ClN5O3. The van der Waals surface area contributed by atoms with Crippen molar-refractivity contribution in [3.63, 3.8) is 0 Å². The predicted octanol–water partition coefficient (Wildman–Crippen LogP) is 2.09. The maximum atomic E-state index is 12.8. The number of hydrogen-bond acceptors (Lipinski definition) is 5. The van der Waals surface area contributed by atoms with E-state index < -0.39 is 0 Å². The Balaban J connectivity index is 1.66. The molecule has 0 saturated heterocycles. The molecule has 3 aromatic rings. The number of fused-ring (bicyclic) bond motifs is 1. The van der Waals surface area contributed by atoms with Crippen LogP contribution in [0.25, 0.3) is 5.69 Å². The third-order valence-corrected chi connectivity index (χ3v) is 4.99. The highest BCUT2D eigenvalue weighted by molar-refractivity contribution is 6.32. The summed E-state index contributed by atoms with van der Waals surface area (Å²) in [6, 6.07) is 9.79. The summed E-state index contributed by atoms with van der Waals surface area (Å²) in [5.41, 5.74) is 1.31. The van der Waals surface area contributed by atoms with Gasteiger partial charge in [-0.3, -0.25) is 19.2 Å². The van der Waals surface area contributed by atoms with Crippen LogP contribution in [0.3, 0.4) is 0 Å². The van der Waals surface area contributed by atoms with Gasteiger partial charge in [0.2, 0.25) is 5.88 Å². The average molecular weight is 400 g/mol. The first-order valence-corrected chi connectivity index (χ1v) is 9.07. The Morgan fingerprint density at radius 1 is 1.25 bits per heavy atom. The van der Waals surface area contributed by atoms with Gasteiger partial charge in [-0.15, -0.1) is 0 Å². The molecule has 2 aromatic heterocycles. The van der Waals surface area contributed by atoms with Crippen molar-refractivity contribution in [3.8, 4) is 11.6 Å². The molecule has 8 nitrogen and oxygen atoms in total. The molecule has 4 rings (SSSR count). The molecule has 3 heterocycles. The first kappa shape index (κ1) is 18.3. The summed E-state index contributed by atoms with van der Waals surface area (Å²) < 4.78 is 2.75. The lowest BCUT2D eigenvalue weighted by Crippen LogP contribution is -2.35. The molecule has 0 atom stereocenters. The zero-order valence-electron chi connectivity index (χ0n) is 15.1. The smallest absolute Gasteiger partial charge is 0.336 e. The highest BCUT2D eigenvalue weighted by Gasteiger charge is 2.25. The van der Waals surface area contributed by atoms with Gasteiger partial charge in [0.25, 0.3) is 5.91 Å². The Morgan fingerprint density at radius 3 is 2.79 bits per heavy atom. The third-order valence-electron chi connectivity index (χ3n) is 4.69. The number of anilines is 1. The Labute approximate surface area is 165 Å². The molecule has 0 radical (unpaired) electrons. The number of benzene rings is 1. The fourth-order valence-corrected chi connectivity index (χ4v) is 3.51. The molecule has 0 aliphatic carbocycles. The van der Waals surface area contributed by atoms with Gasteiger partial charge in [-0.2, -0.15) is 0 Å². The summed E-state index contributed by atoms with van der Waals surface area (Å²) in [5.74, 6) is -0.490. The molecule has 0 saturated carbocycles. The number of aromatic hydroxyl groups is 1. The van der Waals surface area contributed by atoms with E-state index in [1.807, 2.05) is 11.9 Å². The van der Waals surface area contributed by atoms with E-state index in [-0.39, 0.29) is 28.2 Å². The molecule has 0 spiro atoms. The van der Waals surface area contributed by atoms with Gasteiger partial charge in [-0.1, -0.05) is 17.7 Å². The summed E-state index contributed by atoms with van der Waals surface area (Å²) in [4.78, 5) is 31.0. The minimum Gasteiger partial charge on any atom is -0.493 e. The van der Waals surface area contributed by atoms with Crippen molar-refractivity contribution in [3.05, 3.63) is 69.5 Å². The fraction of sp³-hybridized carbons (Fsp3) is 0.211. The lowest BCUT2D eigenvalue weighted by molar-refractivity contribution is 0.102. The van der Waals surface area contributed by atoms with Crippen molar-refractivity contribution >= 4 is 23.2 Å². The average Bonchev–Trinajstić information content (AvgIpc) is 2.93. The third kappa shape index (κ3) is 3.17. The molecule has 2 N–H and O–H groups in total. The largest absolute Gasteiger partial charge is 0.493 e. The van der Waals surface area contributed by atoms with Gasteiger partial charge in [0, 0.05) is 31.5 Å². The summed E-state index contributed by atoms with van der Waals surface area (Å²) in [5, 5.41) is 13.5. The number of carbonyl (C=O) groups excluding carboxylic acids is 1. The van der Waals surface area contributed by atoms with Crippen LogP contribution in [0.2, 0.25) is 5.02 Å². The van der Waals surface area contributed by atoms with Gasteiger partial charge in [0.1, 0.15) is 5.69 Å². The predicted molar refractivity (Wildman–Crippen MR) is 105 cm³/mol. The van der Waals surface area contributed by atoms with Crippen molar-refractivity contribution in [1.29, 1.82) is 0 Å². The van der Waals surface area contributed by atoms with Crippen LogP contribution in [0, 0.1) is 0 Å². The highest BCUT2D eigenvalue weighted by atomic mass is 35.5. The van der Waals surface area contributed by atoms with Crippen molar-refractivity contribution in [1.82, 2.24) is 19.0 Å². The number of likely N-dealkylation sites (N-methyl/N-ethyl adjacent to an activating group) is 1. The standard InChI is InChI=1S/C19H18ClN5O3/c1-23-8-9-24-16(11-23)18(27)25(19(24)28)15-6-5-12(10-13(15)20)22-17(26)14-4-2-3-7-21-14/h2-7,10,27H,8-9,11H2,1H3,(H,22,26). The SMILES string of the molecule is CN1CCn2c(c(O)n(-c3ccc(NC(=O)c4ccccn4)cc3Cl)c2=O)C1. The van der Waals surface area contributed by atoms with E-state index in [9.17, 15) is 14.7 Å². The first-order valence-electron chi connectivity index (χ1n) is 8.70. The number of carbonyl (C=O) groups is 1. The van der Waals surface area contributed by atoms with Gasteiger partial charge in [0.15, 0.2) is 0 Å². The van der Waals surface area contributed by atoms with Crippen molar-refractivity contribution in [2.75, 3.05) is 18.9 Å². The first-order chi connectivity index (χ1) is 13.5. The Bertz CT molecular complexity index is 1110. The van der Waals surface area contributed by atoms with Gasteiger partial charge in [-0.25, -0.2) is 9.36 Å². The van der Waals surface area contributed by atoms with E-state index in [0.717, 1.165) is 6.54 Å². The molecule has 9 heteroatoms. The monoisotopic (exact) mass is 399 g/mol. The van der Waals surface area contributed by atoms with E-state index in [1.165, 1.54) is 16.8 Å². The summed E-state index contributed by atoms with van der Waals surface area (Å²) in [7, 11) is 1.93. The lowest BCUT2D eigenvalue weighted by atomic mass is 10.2. The second kappa shape index (κ2) is 7.14. The van der Waals surface area contributed by atoms with Crippen LogP contribution in [0.4, 0.5) is 5.69 Å². The van der Waals surface area contributed by atoms with Gasteiger partial charge in [0.05, 0.1) is 16.4 Å². The quantitative estimate of drug-likeness (QED) is 0.703. The molecule has 0 bridgehead atoms. The maximum absolute atomic E-state index is 12.8. The van der Waals surface area contributed by atoms with Crippen LogP contribution in [0.1, 0.15) is 16.2 Å². The topological polar surface area (TPSA) is 92.4 Å². The number of aromatic nitrogens is 3. The number of imidazole rings is 1. The Kier molecular flexibility index (Phi) is 4.66. The molecule has 1 amide bonds. The summed E-state index contributed by atoms with van der Waals surface area (Å²) in [6.07, 6.45) is 1.53. The number of nitrogens with one attached hydrogen (secondary N) is 1. The zero-order valence-corrected chi connectivity index (χ0v) is 15.8. The normalized spacial score (nSPS) is 13.9. The maximum Gasteiger partial charge on any atom is 0.336 e. The minimum atomic E-state index is -0.369. The van der Waals surface area contributed by atoms with E-state index in [1.54, 1.807) is 34.9 Å². The molecule has 1 aromatic carbocycles. The number of halogens is 1. The second-order valence-corrected chi connectivity index (χ2v) is 7.02. The van der Waals surface area contributed by atoms with Gasteiger partial charge < -0.3 is 10.4 Å². The summed E-state index contributed by atoms with van der Waals surface area (Å²) >= 11 is 6.37. The van der Waals surface area contributed by atoms with Crippen molar-refractivity contribution in [2.24, 2.45) is 0 Å². The number of nitrogens with zero attached hydrogens (tertiary/aromatic N) is 4. The van der Waals surface area contributed by atoms with E-state index >= 15 is 0 Å².